The topological polar surface area (TPSA) is 21.3 Å². The van der Waals surface area contributed by atoms with Crippen molar-refractivity contribution in [1.29, 1.82) is 0 Å². The minimum Gasteiger partial charge on any atom is -0.488 e. The fourth-order valence-corrected chi connectivity index (χ4v) is 2.14. The van der Waals surface area contributed by atoms with Gasteiger partial charge in [0, 0.05) is 17.7 Å². The maximum Gasteiger partial charge on any atom is 0.141 e. The quantitative estimate of drug-likeness (QED) is 0.879. The summed E-state index contributed by atoms with van der Waals surface area (Å²) < 4.78 is 32.1. The first-order valence-electron chi connectivity index (χ1n) is 6.54. The summed E-state index contributed by atoms with van der Waals surface area (Å²) in [5, 5.41) is 3.12. The van der Waals surface area contributed by atoms with Gasteiger partial charge in [0.15, 0.2) is 0 Å². The summed E-state index contributed by atoms with van der Waals surface area (Å²) in [6.45, 7) is 2.14. The van der Waals surface area contributed by atoms with Crippen LogP contribution in [0.2, 0.25) is 5.02 Å². The van der Waals surface area contributed by atoms with Crippen molar-refractivity contribution in [3.05, 3.63) is 64.2 Å². The van der Waals surface area contributed by atoms with Crippen molar-refractivity contribution in [3.63, 3.8) is 0 Å². The molecule has 0 bridgehead atoms. The lowest BCUT2D eigenvalue weighted by Gasteiger charge is -2.16. The molecule has 0 aliphatic carbocycles. The highest BCUT2D eigenvalue weighted by Crippen LogP contribution is 2.27. The molecule has 0 saturated carbocycles. The smallest absolute Gasteiger partial charge is 0.141 e. The zero-order chi connectivity index (χ0) is 15.4. The summed E-state index contributed by atoms with van der Waals surface area (Å²) >= 11 is 5.72. The Kier molecular flexibility index (Phi) is 5.15. The molecule has 2 aromatic rings. The van der Waals surface area contributed by atoms with E-state index in [1.165, 1.54) is 24.3 Å². The molecule has 2 nitrogen and oxygen atoms in total. The number of benzene rings is 2. The zero-order valence-electron chi connectivity index (χ0n) is 11.8. The Morgan fingerprint density at radius 2 is 1.95 bits per heavy atom. The van der Waals surface area contributed by atoms with E-state index in [0.717, 1.165) is 5.56 Å². The number of hydrogen-bond donors (Lipinski definition) is 1. The van der Waals surface area contributed by atoms with Gasteiger partial charge in [-0.25, -0.2) is 8.78 Å². The highest BCUT2D eigenvalue weighted by molar-refractivity contribution is 6.30. The molecule has 21 heavy (non-hydrogen) atoms. The Morgan fingerprint density at radius 1 is 1.19 bits per heavy atom. The average Bonchev–Trinajstić information content (AvgIpc) is 2.48. The Balaban J connectivity index is 2.18. The molecular formula is C16H16ClF2NO. The first kappa shape index (κ1) is 15.7. The molecule has 0 aliphatic heterocycles. The van der Waals surface area contributed by atoms with Gasteiger partial charge in [-0.15, -0.1) is 0 Å². The molecule has 0 heterocycles. The Morgan fingerprint density at radius 3 is 2.62 bits per heavy atom. The molecule has 0 spiro atoms. The van der Waals surface area contributed by atoms with Crippen LogP contribution >= 0.6 is 11.6 Å². The van der Waals surface area contributed by atoms with Gasteiger partial charge in [-0.2, -0.15) is 0 Å². The van der Waals surface area contributed by atoms with E-state index in [4.69, 9.17) is 16.3 Å². The molecule has 0 aliphatic rings. The van der Waals surface area contributed by atoms with Gasteiger partial charge in [-0.3, -0.25) is 0 Å². The second-order valence-corrected chi connectivity index (χ2v) is 5.14. The van der Waals surface area contributed by atoms with E-state index in [1.807, 2.05) is 14.0 Å². The second-order valence-electron chi connectivity index (χ2n) is 4.73. The van der Waals surface area contributed by atoms with E-state index in [1.54, 1.807) is 12.1 Å². The average molecular weight is 312 g/mol. The predicted octanol–water partition coefficient (Wildman–Crippen LogP) is 4.48. The summed E-state index contributed by atoms with van der Waals surface area (Å²) in [6.07, 6.45) is 0. The van der Waals surface area contributed by atoms with Gasteiger partial charge in [0.05, 0.1) is 5.02 Å². The number of rotatable bonds is 5. The van der Waals surface area contributed by atoms with E-state index >= 15 is 0 Å². The number of halogens is 3. The van der Waals surface area contributed by atoms with Crippen LogP contribution in [0.15, 0.2) is 36.4 Å². The van der Waals surface area contributed by atoms with Crippen molar-refractivity contribution >= 4 is 11.6 Å². The summed E-state index contributed by atoms with van der Waals surface area (Å²) in [5.41, 5.74) is 1.57. The first-order valence-corrected chi connectivity index (χ1v) is 6.92. The second kappa shape index (κ2) is 6.87. The Labute approximate surface area is 127 Å². The summed E-state index contributed by atoms with van der Waals surface area (Å²) in [7, 11) is 1.82. The molecular weight excluding hydrogens is 296 g/mol. The molecule has 2 rings (SSSR count). The van der Waals surface area contributed by atoms with Gasteiger partial charge in [0.2, 0.25) is 0 Å². The molecule has 0 radical (unpaired) electrons. The van der Waals surface area contributed by atoms with Crippen LogP contribution in [0.5, 0.6) is 5.75 Å². The van der Waals surface area contributed by atoms with Crippen molar-refractivity contribution in [1.82, 2.24) is 5.32 Å². The lowest BCUT2D eigenvalue weighted by atomic mass is 10.1. The maximum atomic E-state index is 13.4. The maximum absolute atomic E-state index is 13.4. The summed E-state index contributed by atoms with van der Waals surface area (Å²) in [5.74, 6) is -0.387. The normalized spacial score (nSPS) is 12.2. The van der Waals surface area contributed by atoms with E-state index in [0.29, 0.717) is 11.3 Å². The number of ether oxygens (including phenoxy) is 1. The van der Waals surface area contributed by atoms with Crippen LogP contribution in [-0.4, -0.2) is 7.05 Å². The van der Waals surface area contributed by atoms with E-state index in [2.05, 4.69) is 5.32 Å². The standard InChI is InChI=1S/C16H16ClF2NO/c1-10(20-2)13-5-4-12(18)8-16(13)21-9-11-3-6-15(19)14(17)7-11/h3-8,10,20H,9H2,1-2H3. The van der Waals surface area contributed by atoms with Gasteiger partial charge < -0.3 is 10.1 Å². The molecule has 0 amide bonds. The lowest BCUT2D eigenvalue weighted by molar-refractivity contribution is 0.298. The highest BCUT2D eigenvalue weighted by Gasteiger charge is 2.12. The van der Waals surface area contributed by atoms with Crippen LogP contribution < -0.4 is 10.1 Å². The van der Waals surface area contributed by atoms with Crippen LogP contribution in [0.3, 0.4) is 0 Å². The van der Waals surface area contributed by atoms with Crippen LogP contribution in [0, 0.1) is 11.6 Å². The first-order chi connectivity index (χ1) is 10.0. The third-order valence-electron chi connectivity index (χ3n) is 3.25. The Bertz CT molecular complexity index is 634. The highest BCUT2D eigenvalue weighted by atomic mass is 35.5. The SMILES string of the molecule is CNC(C)c1ccc(F)cc1OCc1ccc(F)c(Cl)c1. The number of nitrogens with one attached hydrogen (secondary N) is 1. The van der Waals surface area contributed by atoms with Gasteiger partial charge in [-0.05, 0) is 37.7 Å². The molecule has 5 heteroatoms. The van der Waals surface area contributed by atoms with Gasteiger partial charge in [0.1, 0.15) is 24.0 Å². The third kappa shape index (κ3) is 3.93. The van der Waals surface area contributed by atoms with Gasteiger partial charge in [0.25, 0.3) is 0 Å². The third-order valence-corrected chi connectivity index (χ3v) is 3.54. The molecule has 0 saturated heterocycles. The minimum absolute atomic E-state index is 0.0254. The largest absolute Gasteiger partial charge is 0.488 e. The summed E-state index contributed by atoms with van der Waals surface area (Å²) in [4.78, 5) is 0. The predicted molar refractivity (Wildman–Crippen MR) is 79.6 cm³/mol. The zero-order valence-corrected chi connectivity index (χ0v) is 12.5. The Hall–Kier alpha value is -1.65. The van der Waals surface area contributed by atoms with Crippen molar-refractivity contribution in [3.8, 4) is 5.75 Å². The fraction of sp³-hybridized carbons (Fsp3) is 0.250. The lowest BCUT2D eigenvalue weighted by Crippen LogP contribution is -2.14. The minimum atomic E-state index is -0.476. The van der Waals surface area contributed by atoms with E-state index < -0.39 is 5.82 Å². The van der Waals surface area contributed by atoms with Crippen molar-refractivity contribution in [2.75, 3.05) is 7.05 Å². The van der Waals surface area contributed by atoms with Crippen LogP contribution in [0.25, 0.3) is 0 Å². The van der Waals surface area contributed by atoms with Crippen molar-refractivity contribution in [2.24, 2.45) is 0 Å². The van der Waals surface area contributed by atoms with Crippen LogP contribution in [0.1, 0.15) is 24.1 Å². The molecule has 112 valence electrons. The number of hydrogen-bond acceptors (Lipinski definition) is 2. The fourth-order valence-electron chi connectivity index (χ4n) is 1.94. The van der Waals surface area contributed by atoms with Gasteiger partial charge >= 0.3 is 0 Å². The monoisotopic (exact) mass is 311 g/mol. The molecule has 1 N–H and O–H groups in total. The molecule has 0 fully saturated rings. The van der Waals surface area contributed by atoms with Crippen molar-refractivity contribution in [2.45, 2.75) is 19.6 Å². The van der Waals surface area contributed by atoms with Gasteiger partial charge in [-0.1, -0.05) is 23.7 Å². The molecule has 0 aromatic heterocycles. The summed E-state index contributed by atoms with van der Waals surface area (Å²) in [6, 6.07) is 8.81. The molecule has 1 atom stereocenters. The molecule has 1 unspecified atom stereocenters. The van der Waals surface area contributed by atoms with Crippen LogP contribution in [0.4, 0.5) is 8.78 Å². The van der Waals surface area contributed by atoms with Crippen LogP contribution in [-0.2, 0) is 6.61 Å². The van der Waals surface area contributed by atoms with Crippen molar-refractivity contribution < 1.29 is 13.5 Å². The van der Waals surface area contributed by atoms with E-state index in [-0.39, 0.29) is 23.5 Å². The molecule has 2 aromatic carbocycles. The van der Waals surface area contributed by atoms with E-state index in [9.17, 15) is 8.78 Å².